The first-order valence-electron chi connectivity index (χ1n) is 4.73. The van der Waals surface area contributed by atoms with Crippen LogP contribution >= 0.6 is 12.6 Å². The van der Waals surface area contributed by atoms with Crippen LogP contribution in [-0.2, 0) is 4.74 Å². The van der Waals surface area contributed by atoms with Gasteiger partial charge in [-0.1, -0.05) is 6.07 Å². The van der Waals surface area contributed by atoms with Crippen molar-refractivity contribution >= 4 is 18.5 Å². The van der Waals surface area contributed by atoms with Crippen molar-refractivity contribution in [2.24, 2.45) is 0 Å². The minimum atomic E-state index is -0.102. The van der Waals surface area contributed by atoms with Gasteiger partial charge in [-0.3, -0.25) is 4.79 Å². The highest BCUT2D eigenvalue weighted by Crippen LogP contribution is 2.08. The van der Waals surface area contributed by atoms with Crippen LogP contribution in [0, 0.1) is 0 Å². The first-order valence-corrected chi connectivity index (χ1v) is 5.18. The average Bonchev–Trinajstić information content (AvgIpc) is 2.25. The van der Waals surface area contributed by atoms with Crippen LogP contribution in [0.1, 0.15) is 17.3 Å². The Hall–Kier alpha value is -1.00. The van der Waals surface area contributed by atoms with Gasteiger partial charge in [0.05, 0.1) is 6.10 Å². The number of thiol groups is 1. The van der Waals surface area contributed by atoms with Gasteiger partial charge in [0.2, 0.25) is 0 Å². The third kappa shape index (κ3) is 3.93. The van der Waals surface area contributed by atoms with Crippen LogP contribution < -0.4 is 5.32 Å². The molecule has 0 radical (unpaired) electrons. The van der Waals surface area contributed by atoms with E-state index in [2.05, 4.69) is 17.9 Å². The average molecular weight is 225 g/mol. The molecule has 1 unspecified atom stereocenters. The van der Waals surface area contributed by atoms with E-state index in [1.54, 1.807) is 25.3 Å². The summed E-state index contributed by atoms with van der Waals surface area (Å²) in [5.74, 6) is -0.102. The fourth-order valence-electron chi connectivity index (χ4n) is 1.07. The molecule has 0 bridgehead atoms. The number of benzene rings is 1. The molecule has 0 aliphatic heterocycles. The summed E-state index contributed by atoms with van der Waals surface area (Å²) >= 11 is 4.17. The first kappa shape index (κ1) is 12.1. The van der Waals surface area contributed by atoms with E-state index in [0.717, 1.165) is 4.90 Å². The summed E-state index contributed by atoms with van der Waals surface area (Å²) in [7, 11) is 1.62. The molecule has 1 aromatic carbocycles. The lowest BCUT2D eigenvalue weighted by Gasteiger charge is -2.10. The second-order valence-corrected chi connectivity index (χ2v) is 3.82. The number of carbonyl (C=O) groups is 1. The Balaban J connectivity index is 2.54. The number of rotatable bonds is 4. The van der Waals surface area contributed by atoms with Crippen LogP contribution in [0.5, 0.6) is 0 Å². The summed E-state index contributed by atoms with van der Waals surface area (Å²) in [5, 5.41) is 2.78. The van der Waals surface area contributed by atoms with Gasteiger partial charge >= 0.3 is 0 Å². The number of nitrogens with one attached hydrogen (secondary N) is 1. The summed E-state index contributed by atoms with van der Waals surface area (Å²) in [6, 6.07) is 7.12. The van der Waals surface area contributed by atoms with Crippen LogP contribution in [0.15, 0.2) is 29.2 Å². The third-order valence-corrected chi connectivity index (χ3v) is 2.34. The molecule has 0 heterocycles. The number of ether oxygens (including phenoxy) is 1. The molecule has 0 aliphatic rings. The molecule has 1 amide bonds. The predicted molar refractivity (Wildman–Crippen MR) is 62.5 cm³/mol. The zero-order valence-electron chi connectivity index (χ0n) is 8.86. The SMILES string of the molecule is COC(C)CNC(=O)c1cccc(S)c1. The van der Waals surface area contributed by atoms with Crippen molar-refractivity contribution in [3.8, 4) is 0 Å². The summed E-state index contributed by atoms with van der Waals surface area (Å²) in [6.07, 6.45) is 0.0214. The lowest BCUT2D eigenvalue weighted by Crippen LogP contribution is -2.31. The molecule has 0 saturated heterocycles. The van der Waals surface area contributed by atoms with E-state index >= 15 is 0 Å². The molecule has 0 aliphatic carbocycles. The molecule has 1 aromatic rings. The molecule has 3 nitrogen and oxygen atoms in total. The molecule has 0 aromatic heterocycles. The number of hydrogen-bond donors (Lipinski definition) is 2. The molecule has 0 fully saturated rings. The van der Waals surface area contributed by atoms with Gasteiger partial charge in [-0.15, -0.1) is 12.6 Å². The fraction of sp³-hybridized carbons (Fsp3) is 0.364. The van der Waals surface area contributed by atoms with Gasteiger partial charge in [0.1, 0.15) is 0 Å². The van der Waals surface area contributed by atoms with Crippen molar-refractivity contribution in [3.05, 3.63) is 29.8 Å². The maximum atomic E-state index is 11.6. The topological polar surface area (TPSA) is 38.3 Å². The second kappa shape index (κ2) is 5.78. The Morgan fingerprint density at radius 3 is 2.93 bits per heavy atom. The lowest BCUT2D eigenvalue weighted by molar-refractivity contribution is 0.0870. The van der Waals surface area contributed by atoms with E-state index in [0.29, 0.717) is 12.1 Å². The minimum Gasteiger partial charge on any atom is -0.380 e. The van der Waals surface area contributed by atoms with Gasteiger partial charge in [-0.25, -0.2) is 0 Å². The molecule has 0 saturated carbocycles. The van der Waals surface area contributed by atoms with Crippen LogP contribution in [-0.4, -0.2) is 25.7 Å². The van der Waals surface area contributed by atoms with E-state index in [1.807, 2.05) is 13.0 Å². The first-order chi connectivity index (χ1) is 7.13. The minimum absolute atomic E-state index is 0.0214. The van der Waals surface area contributed by atoms with E-state index in [1.165, 1.54) is 0 Å². The van der Waals surface area contributed by atoms with Crippen LogP contribution in [0.3, 0.4) is 0 Å². The second-order valence-electron chi connectivity index (χ2n) is 3.31. The van der Waals surface area contributed by atoms with Gasteiger partial charge in [0, 0.05) is 24.1 Å². The van der Waals surface area contributed by atoms with Crippen molar-refractivity contribution in [1.82, 2.24) is 5.32 Å². The van der Waals surface area contributed by atoms with Crippen molar-refractivity contribution in [1.29, 1.82) is 0 Å². The fourth-order valence-corrected chi connectivity index (χ4v) is 1.29. The van der Waals surface area contributed by atoms with Gasteiger partial charge in [0.15, 0.2) is 0 Å². The summed E-state index contributed by atoms with van der Waals surface area (Å²) < 4.78 is 5.03. The Bertz CT molecular complexity index is 341. The molecule has 1 rings (SSSR count). The zero-order chi connectivity index (χ0) is 11.3. The van der Waals surface area contributed by atoms with E-state index in [9.17, 15) is 4.79 Å². The van der Waals surface area contributed by atoms with Crippen LogP contribution in [0.2, 0.25) is 0 Å². The standard InChI is InChI=1S/C11H15NO2S/c1-8(14-2)7-12-11(13)9-4-3-5-10(15)6-9/h3-6,8,15H,7H2,1-2H3,(H,12,13). The molecular weight excluding hydrogens is 210 g/mol. The van der Waals surface area contributed by atoms with Crippen LogP contribution in [0.4, 0.5) is 0 Å². The van der Waals surface area contributed by atoms with Crippen molar-refractivity contribution in [2.45, 2.75) is 17.9 Å². The number of methoxy groups -OCH3 is 1. The molecule has 1 N–H and O–H groups in total. The van der Waals surface area contributed by atoms with E-state index < -0.39 is 0 Å². The Morgan fingerprint density at radius 2 is 2.33 bits per heavy atom. The number of hydrogen-bond acceptors (Lipinski definition) is 3. The maximum absolute atomic E-state index is 11.6. The molecule has 1 atom stereocenters. The van der Waals surface area contributed by atoms with Gasteiger partial charge in [0.25, 0.3) is 5.91 Å². The Labute approximate surface area is 95.2 Å². The summed E-state index contributed by atoms with van der Waals surface area (Å²) in [5.41, 5.74) is 0.616. The smallest absolute Gasteiger partial charge is 0.251 e. The number of amides is 1. The molecular formula is C11H15NO2S. The monoisotopic (exact) mass is 225 g/mol. The summed E-state index contributed by atoms with van der Waals surface area (Å²) in [6.45, 7) is 2.40. The van der Waals surface area contributed by atoms with Crippen molar-refractivity contribution < 1.29 is 9.53 Å². The highest BCUT2D eigenvalue weighted by Gasteiger charge is 2.06. The quantitative estimate of drug-likeness (QED) is 0.766. The highest BCUT2D eigenvalue weighted by molar-refractivity contribution is 7.80. The summed E-state index contributed by atoms with van der Waals surface area (Å²) in [4.78, 5) is 12.4. The largest absolute Gasteiger partial charge is 0.380 e. The molecule has 4 heteroatoms. The maximum Gasteiger partial charge on any atom is 0.251 e. The highest BCUT2D eigenvalue weighted by atomic mass is 32.1. The normalized spacial score (nSPS) is 12.2. The van der Waals surface area contributed by atoms with Gasteiger partial charge in [-0.05, 0) is 25.1 Å². The molecule has 0 spiro atoms. The van der Waals surface area contributed by atoms with E-state index in [-0.39, 0.29) is 12.0 Å². The zero-order valence-corrected chi connectivity index (χ0v) is 9.75. The van der Waals surface area contributed by atoms with Crippen molar-refractivity contribution in [2.75, 3.05) is 13.7 Å². The van der Waals surface area contributed by atoms with Crippen molar-refractivity contribution in [3.63, 3.8) is 0 Å². The predicted octanol–water partition coefficient (Wildman–Crippen LogP) is 1.74. The van der Waals surface area contributed by atoms with E-state index in [4.69, 9.17) is 4.74 Å². The Kier molecular flexibility index (Phi) is 4.65. The van der Waals surface area contributed by atoms with Gasteiger partial charge in [-0.2, -0.15) is 0 Å². The Morgan fingerprint density at radius 1 is 1.60 bits per heavy atom. The lowest BCUT2D eigenvalue weighted by atomic mass is 10.2. The van der Waals surface area contributed by atoms with Crippen LogP contribution in [0.25, 0.3) is 0 Å². The third-order valence-electron chi connectivity index (χ3n) is 2.06. The van der Waals surface area contributed by atoms with Gasteiger partial charge < -0.3 is 10.1 Å². The molecule has 15 heavy (non-hydrogen) atoms. The number of carbonyl (C=O) groups excluding carboxylic acids is 1. The molecule has 82 valence electrons.